The van der Waals surface area contributed by atoms with E-state index in [4.69, 9.17) is 10.5 Å². The first-order valence-corrected chi connectivity index (χ1v) is 13.8. The van der Waals surface area contributed by atoms with Gasteiger partial charge >= 0.3 is 5.97 Å². The molecule has 0 saturated heterocycles. The molecule has 0 aromatic heterocycles. The number of rotatable bonds is 10. The van der Waals surface area contributed by atoms with Crippen LogP contribution in [-0.4, -0.2) is 76.7 Å². The molecule has 1 fully saturated rings. The number of Topliss-reactive ketones (excluding diaryl/α,β-unsaturated/α-hetero) is 2. The molecule has 0 bridgehead atoms. The Labute approximate surface area is 237 Å². The predicted octanol–water partition coefficient (Wildman–Crippen LogP) is 2.03. The van der Waals surface area contributed by atoms with Crippen LogP contribution in [0.25, 0.3) is 5.76 Å². The van der Waals surface area contributed by atoms with Crippen LogP contribution in [0.1, 0.15) is 56.6 Å². The lowest BCUT2D eigenvalue weighted by molar-refractivity contribution is -0.147. The topological polar surface area (TPSA) is 200 Å². The van der Waals surface area contributed by atoms with Gasteiger partial charge in [-0.1, -0.05) is 26.2 Å². The standard InChI is InChI=1S/C29H37N3O9/c1-4-5-6-7-8-41-20(34)13-31-17-12-18(32(2)3)16-10-14-9-15-11-19(33)23(28(30)39)27(38)29(15,40)26(37)21(14)25(36)22(16)24(17)35/h12,14-15,31,35-36,38,40H,4-11,13H2,1-3H3,(H2,30,39)/t14-,15+,29+/m1/s1. The molecule has 1 saturated carbocycles. The van der Waals surface area contributed by atoms with Gasteiger partial charge in [0.1, 0.15) is 29.4 Å². The number of carbonyl (C=O) groups excluding carboxylic acids is 4. The Bertz CT molecular complexity index is 1360. The van der Waals surface area contributed by atoms with Crippen molar-refractivity contribution in [3.8, 4) is 5.75 Å². The maximum atomic E-state index is 13.7. The van der Waals surface area contributed by atoms with Crippen molar-refractivity contribution in [1.29, 1.82) is 0 Å². The van der Waals surface area contributed by atoms with E-state index in [0.717, 1.165) is 25.7 Å². The van der Waals surface area contributed by atoms with Crippen LogP contribution < -0.4 is 16.0 Å². The number of aliphatic hydroxyl groups is 3. The van der Waals surface area contributed by atoms with Gasteiger partial charge in [-0.05, 0) is 36.8 Å². The van der Waals surface area contributed by atoms with E-state index in [9.17, 15) is 39.6 Å². The number of hydrogen-bond donors (Lipinski definition) is 6. The normalized spacial score (nSPS) is 23.5. The van der Waals surface area contributed by atoms with Crippen molar-refractivity contribution in [2.45, 2.75) is 57.5 Å². The second kappa shape index (κ2) is 11.4. The number of nitrogens with zero attached hydrogens (tertiary/aromatic N) is 1. The molecule has 0 unspecified atom stereocenters. The third-order valence-corrected chi connectivity index (χ3v) is 8.21. The van der Waals surface area contributed by atoms with Crippen molar-refractivity contribution in [1.82, 2.24) is 0 Å². The summed E-state index contributed by atoms with van der Waals surface area (Å²) in [5, 5.41) is 47.6. The number of ether oxygens (including phenoxy) is 1. The number of esters is 1. The van der Waals surface area contributed by atoms with Crippen molar-refractivity contribution in [2.24, 2.45) is 17.6 Å². The second-order valence-corrected chi connectivity index (χ2v) is 11.1. The van der Waals surface area contributed by atoms with Gasteiger partial charge in [0.15, 0.2) is 11.4 Å². The second-order valence-electron chi connectivity index (χ2n) is 11.1. The minimum absolute atomic E-state index is 0.0423. The molecule has 3 aliphatic rings. The molecule has 4 rings (SSSR count). The Morgan fingerprint density at radius 3 is 2.49 bits per heavy atom. The van der Waals surface area contributed by atoms with Crippen molar-refractivity contribution < 1.29 is 44.3 Å². The first-order chi connectivity index (χ1) is 19.3. The first kappa shape index (κ1) is 29.9. The van der Waals surface area contributed by atoms with Crippen LogP contribution >= 0.6 is 0 Å². The Kier molecular flexibility index (Phi) is 8.34. The zero-order valence-corrected chi connectivity index (χ0v) is 23.5. The molecule has 3 atom stereocenters. The smallest absolute Gasteiger partial charge is 0.325 e. The van der Waals surface area contributed by atoms with E-state index in [1.165, 1.54) is 0 Å². The molecule has 0 spiro atoms. The molecular formula is C29H37N3O9. The number of benzene rings is 1. The quantitative estimate of drug-likeness (QED) is 0.104. The Morgan fingerprint density at radius 2 is 1.85 bits per heavy atom. The Hall–Kier alpha value is -4.06. The van der Waals surface area contributed by atoms with Crippen molar-refractivity contribution >= 4 is 40.6 Å². The zero-order chi connectivity index (χ0) is 30.2. The number of anilines is 2. The Balaban J connectivity index is 1.71. The van der Waals surface area contributed by atoms with E-state index >= 15 is 0 Å². The number of carbonyl (C=O) groups is 4. The number of nitrogens with one attached hydrogen (secondary N) is 1. The lowest BCUT2D eigenvalue weighted by Crippen LogP contribution is -2.58. The van der Waals surface area contributed by atoms with Gasteiger partial charge in [0.05, 0.1) is 17.9 Å². The van der Waals surface area contributed by atoms with Crippen LogP contribution in [0.4, 0.5) is 11.4 Å². The maximum absolute atomic E-state index is 13.7. The molecule has 0 heterocycles. The number of primary amides is 1. The van der Waals surface area contributed by atoms with E-state index in [2.05, 4.69) is 12.2 Å². The highest BCUT2D eigenvalue weighted by Gasteiger charge is 2.60. The molecule has 0 radical (unpaired) electrons. The van der Waals surface area contributed by atoms with E-state index in [1.807, 2.05) is 0 Å². The maximum Gasteiger partial charge on any atom is 0.325 e. The predicted molar refractivity (Wildman–Crippen MR) is 149 cm³/mol. The number of phenolic OH excluding ortho intramolecular Hbond substituents is 1. The number of phenols is 1. The monoisotopic (exact) mass is 571 g/mol. The number of ketones is 2. The van der Waals surface area contributed by atoms with Crippen LogP contribution in [0.3, 0.4) is 0 Å². The molecule has 222 valence electrons. The Morgan fingerprint density at radius 1 is 1.15 bits per heavy atom. The van der Waals surface area contributed by atoms with Crippen molar-refractivity contribution in [3.05, 3.63) is 34.1 Å². The molecule has 41 heavy (non-hydrogen) atoms. The average molecular weight is 572 g/mol. The largest absolute Gasteiger partial charge is 0.508 e. The highest BCUT2D eigenvalue weighted by Crippen LogP contribution is 2.54. The van der Waals surface area contributed by atoms with Gasteiger partial charge in [0, 0.05) is 37.7 Å². The number of fused-ring (bicyclic) bond motifs is 3. The van der Waals surface area contributed by atoms with Crippen molar-refractivity contribution in [3.63, 3.8) is 0 Å². The summed E-state index contributed by atoms with van der Waals surface area (Å²) in [6.45, 7) is 2.11. The summed E-state index contributed by atoms with van der Waals surface area (Å²) in [6.07, 6.45) is 3.64. The summed E-state index contributed by atoms with van der Waals surface area (Å²) in [6, 6.07) is 1.62. The number of hydrogen-bond acceptors (Lipinski definition) is 11. The summed E-state index contributed by atoms with van der Waals surface area (Å²) >= 11 is 0. The molecule has 1 aromatic rings. The van der Waals surface area contributed by atoms with Crippen LogP contribution in [0, 0.1) is 11.8 Å². The van der Waals surface area contributed by atoms with Gasteiger partial charge in [0.25, 0.3) is 5.91 Å². The SMILES string of the molecule is CCCCCCOC(=O)CNc1cc(N(C)C)c2c(c1O)C(O)=C1C(=O)[C@]3(O)C(O)=C(C(N)=O)C(=O)C[C@@H]3C[C@@H]1C2. The highest BCUT2D eigenvalue weighted by molar-refractivity contribution is 6.22. The average Bonchev–Trinajstić information content (AvgIpc) is 2.89. The van der Waals surface area contributed by atoms with Crippen LogP contribution in [0.5, 0.6) is 5.75 Å². The molecule has 1 aromatic carbocycles. The molecule has 7 N–H and O–H groups in total. The van der Waals surface area contributed by atoms with Crippen LogP contribution in [0.15, 0.2) is 23.0 Å². The number of nitrogens with two attached hydrogens (primary N) is 1. The van der Waals surface area contributed by atoms with Gasteiger partial charge in [-0.25, -0.2) is 0 Å². The third-order valence-electron chi connectivity index (χ3n) is 8.21. The highest BCUT2D eigenvalue weighted by atomic mass is 16.5. The third kappa shape index (κ3) is 5.12. The minimum Gasteiger partial charge on any atom is -0.508 e. The lowest BCUT2D eigenvalue weighted by atomic mass is 9.59. The minimum atomic E-state index is -2.63. The van der Waals surface area contributed by atoms with E-state index in [0.29, 0.717) is 11.3 Å². The summed E-state index contributed by atoms with van der Waals surface area (Å²) in [7, 11) is 3.52. The van der Waals surface area contributed by atoms with Crippen LogP contribution in [0.2, 0.25) is 0 Å². The van der Waals surface area contributed by atoms with Gasteiger partial charge < -0.3 is 41.1 Å². The molecule has 0 aliphatic heterocycles. The molecule has 12 nitrogen and oxygen atoms in total. The van der Waals surface area contributed by atoms with E-state index in [-0.39, 0.29) is 49.2 Å². The number of aromatic hydroxyl groups is 1. The summed E-state index contributed by atoms with van der Waals surface area (Å²) in [4.78, 5) is 52.1. The van der Waals surface area contributed by atoms with Crippen LogP contribution in [-0.2, 0) is 30.3 Å². The molecule has 1 amide bonds. The van der Waals surface area contributed by atoms with Crippen molar-refractivity contribution in [2.75, 3.05) is 37.5 Å². The number of unbranched alkanes of at least 4 members (excludes halogenated alkanes) is 3. The van der Waals surface area contributed by atoms with E-state index in [1.54, 1.807) is 25.1 Å². The summed E-state index contributed by atoms with van der Waals surface area (Å²) in [5.74, 6) is -7.46. The van der Waals surface area contributed by atoms with Gasteiger partial charge in [0.2, 0.25) is 5.78 Å². The summed E-state index contributed by atoms with van der Waals surface area (Å²) < 4.78 is 5.24. The molecule has 3 aliphatic carbocycles. The van der Waals surface area contributed by atoms with E-state index < -0.39 is 63.7 Å². The fraction of sp³-hybridized carbons (Fsp3) is 0.517. The van der Waals surface area contributed by atoms with Gasteiger partial charge in [-0.2, -0.15) is 0 Å². The summed E-state index contributed by atoms with van der Waals surface area (Å²) in [5.41, 5.74) is 2.72. The van der Waals surface area contributed by atoms with Gasteiger partial charge in [-0.3, -0.25) is 19.2 Å². The number of amides is 1. The fourth-order valence-electron chi connectivity index (χ4n) is 6.14. The number of aliphatic hydroxyl groups excluding tert-OH is 2. The zero-order valence-electron chi connectivity index (χ0n) is 23.5. The van der Waals surface area contributed by atoms with Gasteiger partial charge in [-0.15, -0.1) is 0 Å². The molecular weight excluding hydrogens is 534 g/mol. The molecule has 12 heteroatoms. The fourth-order valence-corrected chi connectivity index (χ4v) is 6.14. The first-order valence-electron chi connectivity index (χ1n) is 13.8. The lowest BCUT2D eigenvalue weighted by Gasteiger charge is -2.46.